The van der Waals surface area contributed by atoms with Gasteiger partial charge in [-0.25, -0.2) is 4.79 Å². The number of ether oxygens (including phenoxy) is 1. The molecule has 0 bridgehead atoms. The minimum atomic E-state index is -0.843. The topological polar surface area (TPSA) is 107 Å². The second-order valence-corrected chi connectivity index (χ2v) is 3.92. The molecule has 1 aromatic carbocycles. The number of aliphatic hydroxyl groups is 1. The summed E-state index contributed by atoms with van der Waals surface area (Å²) in [5.74, 6) is -1.80. The summed E-state index contributed by atoms with van der Waals surface area (Å²) in [6.07, 6.45) is -0.0613. The summed E-state index contributed by atoms with van der Waals surface area (Å²) >= 11 is 0. The molecule has 98 valence electrons. The predicted octanol–water partition coefficient (Wildman–Crippen LogP) is 1.08. The molecule has 1 aromatic rings. The molecule has 1 saturated heterocycles. The molecule has 0 saturated carbocycles. The van der Waals surface area contributed by atoms with Gasteiger partial charge in [-0.05, 0) is 5.56 Å². The van der Waals surface area contributed by atoms with Crippen LogP contribution >= 0.6 is 0 Å². The van der Waals surface area contributed by atoms with E-state index in [-0.39, 0.29) is 30.0 Å². The lowest BCUT2D eigenvalue weighted by Gasteiger charge is -2.02. The van der Waals surface area contributed by atoms with E-state index in [0.29, 0.717) is 5.56 Å². The van der Waals surface area contributed by atoms with E-state index in [2.05, 4.69) is 4.74 Å². The number of cyclic esters (lactones) is 1. The molecule has 0 amide bonds. The second-order valence-electron chi connectivity index (χ2n) is 3.92. The lowest BCUT2D eigenvalue weighted by Crippen LogP contribution is -2.07. The van der Waals surface area contributed by atoms with Crippen molar-refractivity contribution < 1.29 is 24.4 Å². The molecular weight excluding hydrogens is 254 g/mol. The fourth-order valence-corrected chi connectivity index (χ4v) is 1.69. The maximum atomic E-state index is 11.3. The Morgan fingerprint density at radius 2 is 1.95 bits per heavy atom. The summed E-state index contributed by atoms with van der Waals surface area (Å²) in [4.78, 5) is 32.4. The lowest BCUT2D eigenvalue weighted by atomic mass is 10.1. The number of hydrogen-bond acceptors (Lipinski definition) is 6. The van der Waals surface area contributed by atoms with Crippen LogP contribution in [-0.2, 0) is 20.7 Å². The highest BCUT2D eigenvalue weighted by atomic mass is 16.6. The summed E-state index contributed by atoms with van der Waals surface area (Å²) in [5.41, 5.74) is 0.119. The van der Waals surface area contributed by atoms with Crippen LogP contribution in [-0.4, -0.2) is 28.4 Å². The number of nitro benzene ring substituents is 1. The van der Waals surface area contributed by atoms with Crippen LogP contribution in [0.5, 0.6) is 0 Å². The zero-order valence-electron chi connectivity index (χ0n) is 9.66. The van der Waals surface area contributed by atoms with E-state index in [4.69, 9.17) is 0 Å². The highest BCUT2D eigenvalue weighted by Gasteiger charge is 2.31. The molecule has 0 spiro atoms. The molecule has 2 rings (SSSR count). The summed E-state index contributed by atoms with van der Waals surface area (Å²) in [6, 6.07) is 5.45. The second kappa shape index (κ2) is 4.89. The average Bonchev–Trinajstić information content (AvgIpc) is 2.69. The normalized spacial score (nSPS) is 17.3. The van der Waals surface area contributed by atoms with Crippen molar-refractivity contribution in [1.29, 1.82) is 0 Å². The lowest BCUT2D eigenvalue weighted by molar-refractivity contribution is -0.384. The largest absolute Gasteiger partial charge is 0.511 e. The highest BCUT2D eigenvalue weighted by Crippen LogP contribution is 2.18. The zero-order valence-corrected chi connectivity index (χ0v) is 9.66. The summed E-state index contributed by atoms with van der Waals surface area (Å²) in [6.45, 7) is -0.363. The number of rotatable bonds is 3. The van der Waals surface area contributed by atoms with Gasteiger partial charge in [0.1, 0.15) is 11.3 Å². The number of Topliss-reactive ketones (excluding diaryl/α,β-unsaturated/α-hetero) is 1. The van der Waals surface area contributed by atoms with Gasteiger partial charge in [0.25, 0.3) is 5.69 Å². The first-order chi connectivity index (χ1) is 8.99. The van der Waals surface area contributed by atoms with Crippen molar-refractivity contribution in [2.75, 3.05) is 6.61 Å². The number of hydrogen-bond donors (Lipinski definition) is 1. The Hall–Kier alpha value is -2.70. The molecule has 1 N–H and O–H groups in total. The van der Waals surface area contributed by atoms with Crippen LogP contribution in [0.1, 0.15) is 5.56 Å². The van der Waals surface area contributed by atoms with Gasteiger partial charge in [-0.3, -0.25) is 14.9 Å². The van der Waals surface area contributed by atoms with E-state index < -0.39 is 16.7 Å². The number of non-ortho nitro benzene ring substituents is 1. The molecule has 7 nitrogen and oxygen atoms in total. The first-order valence-electron chi connectivity index (χ1n) is 5.35. The smallest absolute Gasteiger partial charge is 0.345 e. The SMILES string of the molecule is O=C1COC(=O)C1=C(O)Cc1ccc([N+](=O)[O-])cc1. The highest BCUT2D eigenvalue weighted by molar-refractivity contribution is 6.22. The number of carbonyl (C=O) groups excluding carboxylic acids is 2. The van der Waals surface area contributed by atoms with Crippen molar-refractivity contribution in [3.63, 3.8) is 0 Å². The summed E-state index contributed by atoms with van der Waals surface area (Å²) in [7, 11) is 0. The van der Waals surface area contributed by atoms with Crippen LogP contribution in [0, 0.1) is 10.1 Å². The van der Waals surface area contributed by atoms with Gasteiger partial charge in [-0.2, -0.15) is 0 Å². The minimum Gasteiger partial charge on any atom is -0.511 e. The zero-order chi connectivity index (χ0) is 14.0. The van der Waals surface area contributed by atoms with Gasteiger partial charge < -0.3 is 9.84 Å². The third-order valence-electron chi connectivity index (χ3n) is 2.62. The van der Waals surface area contributed by atoms with Crippen molar-refractivity contribution in [3.8, 4) is 0 Å². The molecule has 1 aliphatic rings. The molecular formula is C12H9NO6. The third kappa shape index (κ3) is 2.59. The molecule has 19 heavy (non-hydrogen) atoms. The number of aliphatic hydroxyl groups excluding tert-OH is 1. The van der Waals surface area contributed by atoms with Crippen LogP contribution in [0.15, 0.2) is 35.6 Å². The quantitative estimate of drug-likeness (QED) is 0.218. The average molecular weight is 263 g/mol. The van der Waals surface area contributed by atoms with E-state index in [1.54, 1.807) is 0 Å². The molecule has 0 aromatic heterocycles. The van der Waals surface area contributed by atoms with Gasteiger partial charge in [0, 0.05) is 18.6 Å². The van der Waals surface area contributed by atoms with Crippen molar-refractivity contribution in [3.05, 3.63) is 51.3 Å². The Balaban J connectivity index is 2.21. The van der Waals surface area contributed by atoms with Crippen LogP contribution in [0.4, 0.5) is 5.69 Å². The fourth-order valence-electron chi connectivity index (χ4n) is 1.69. The number of allylic oxidation sites excluding steroid dienone is 1. The van der Waals surface area contributed by atoms with Crippen LogP contribution in [0.2, 0.25) is 0 Å². The minimum absolute atomic E-state index is 0.0613. The van der Waals surface area contributed by atoms with E-state index in [1.165, 1.54) is 24.3 Å². The number of carbonyl (C=O) groups is 2. The van der Waals surface area contributed by atoms with Crippen molar-refractivity contribution in [2.24, 2.45) is 0 Å². The number of esters is 1. The standard InChI is InChI=1S/C12H9NO6/c14-9(11-10(15)6-19-12(11)16)5-7-1-3-8(4-2-7)13(17)18/h1-4,14H,5-6H2. The Morgan fingerprint density at radius 1 is 1.32 bits per heavy atom. The Kier molecular flexibility index (Phi) is 3.28. The monoisotopic (exact) mass is 263 g/mol. The Morgan fingerprint density at radius 3 is 2.42 bits per heavy atom. The number of ketones is 1. The molecule has 0 aliphatic carbocycles. The van der Waals surface area contributed by atoms with E-state index >= 15 is 0 Å². The van der Waals surface area contributed by atoms with Crippen LogP contribution < -0.4 is 0 Å². The van der Waals surface area contributed by atoms with Gasteiger partial charge in [0.2, 0.25) is 5.78 Å². The van der Waals surface area contributed by atoms with E-state index in [0.717, 1.165) is 0 Å². The molecule has 1 fully saturated rings. The fraction of sp³-hybridized carbons (Fsp3) is 0.167. The van der Waals surface area contributed by atoms with Crippen LogP contribution in [0.3, 0.4) is 0 Å². The summed E-state index contributed by atoms with van der Waals surface area (Å²) in [5, 5.41) is 20.2. The van der Waals surface area contributed by atoms with Gasteiger partial charge in [0.15, 0.2) is 6.61 Å². The molecule has 0 unspecified atom stereocenters. The van der Waals surface area contributed by atoms with Crippen molar-refractivity contribution in [1.82, 2.24) is 0 Å². The number of nitrogens with zero attached hydrogens (tertiary/aromatic N) is 1. The Labute approximate surface area is 107 Å². The molecule has 1 aliphatic heterocycles. The van der Waals surface area contributed by atoms with Gasteiger partial charge in [0.05, 0.1) is 4.92 Å². The first-order valence-corrected chi connectivity index (χ1v) is 5.35. The molecule has 0 radical (unpaired) electrons. The molecule has 0 atom stereocenters. The van der Waals surface area contributed by atoms with E-state index in [9.17, 15) is 24.8 Å². The molecule has 7 heteroatoms. The van der Waals surface area contributed by atoms with Gasteiger partial charge >= 0.3 is 5.97 Å². The summed E-state index contributed by atoms with van der Waals surface area (Å²) < 4.78 is 4.49. The number of nitro groups is 1. The van der Waals surface area contributed by atoms with Gasteiger partial charge in [-0.15, -0.1) is 0 Å². The van der Waals surface area contributed by atoms with E-state index in [1.807, 2.05) is 0 Å². The predicted molar refractivity (Wildman–Crippen MR) is 62.4 cm³/mol. The number of benzene rings is 1. The maximum absolute atomic E-state index is 11.3. The third-order valence-corrected chi connectivity index (χ3v) is 2.62. The van der Waals surface area contributed by atoms with Crippen molar-refractivity contribution in [2.45, 2.75) is 6.42 Å². The molecule has 1 heterocycles. The van der Waals surface area contributed by atoms with Crippen molar-refractivity contribution >= 4 is 17.4 Å². The Bertz CT molecular complexity index is 569. The van der Waals surface area contributed by atoms with Gasteiger partial charge in [-0.1, -0.05) is 12.1 Å². The van der Waals surface area contributed by atoms with Crippen LogP contribution in [0.25, 0.3) is 0 Å². The maximum Gasteiger partial charge on any atom is 0.345 e. The first kappa shape index (κ1) is 12.7.